The van der Waals surface area contributed by atoms with E-state index in [9.17, 15) is 19.1 Å². The van der Waals surface area contributed by atoms with Crippen molar-refractivity contribution in [3.8, 4) is 34.5 Å². The molecule has 5 rings (SSSR count). The molecule has 0 unspecified atom stereocenters. The summed E-state index contributed by atoms with van der Waals surface area (Å²) < 4.78 is 50.9. The average molecular weight is 592 g/mol. The van der Waals surface area contributed by atoms with Gasteiger partial charge in [-0.2, -0.15) is 4.57 Å². The Morgan fingerprint density at radius 1 is 0.415 bits per heavy atom. The summed E-state index contributed by atoms with van der Waals surface area (Å²) in [4.78, 5) is 9.53. The maximum Gasteiger partial charge on any atom is 0.647 e. The standard InChI is InChI=1S/C18H15O5P.C12H11O4P/c19-15-8-7-13-18(14-15)23-24(20,21-16-9-3-1-4-10-16)22-17-11-5-2-6-12-17;13-17(14,15-11-7-3-1-4-8-11)16-12-9-5-2-6-10-12/h1-14,19H;1-10H,(H,13,14). The summed E-state index contributed by atoms with van der Waals surface area (Å²) >= 11 is 0. The maximum absolute atomic E-state index is 13.1. The predicted octanol–water partition coefficient (Wildman–Crippen LogP) is 8.28. The van der Waals surface area contributed by atoms with Crippen molar-refractivity contribution in [2.75, 3.05) is 0 Å². The van der Waals surface area contributed by atoms with Crippen molar-refractivity contribution >= 4 is 15.6 Å². The molecular formula is C30H26O9P2. The van der Waals surface area contributed by atoms with Crippen LogP contribution in [0.2, 0.25) is 0 Å². The highest BCUT2D eigenvalue weighted by atomic mass is 31.2. The molecule has 0 radical (unpaired) electrons. The number of phosphoric acid groups is 2. The summed E-state index contributed by atoms with van der Waals surface area (Å²) in [5, 5.41) is 9.54. The zero-order chi connectivity index (χ0) is 29.0. The van der Waals surface area contributed by atoms with Gasteiger partial charge in [0.1, 0.15) is 34.5 Å². The lowest BCUT2D eigenvalue weighted by Gasteiger charge is -2.19. The summed E-state index contributed by atoms with van der Waals surface area (Å²) in [6, 6.07) is 39.8. The first kappa shape index (κ1) is 29.3. The van der Waals surface area contributed by atoms with Crippen molar-refractivity contribution in [2.24, 2.45) is 0 Å². The van der Waals surface area contributed by atoms with E-state index in [1.807, 2.05) is 12.1 Å². The Morgan fingerprint density at radius 3 is 1.10 bits per heavy atom. The number of rotatable bonds is 10. The lowest BCUT2D eigenvalue weighted by molar-refractivity contribution is 0.290. The van der Waals surface area contributed by atoms with E-state index in [0.29, 0.717) is 11.5 Å². The smallest absolute Gasteiger partial charge is 0.508 e. The SMILES string of the molecule is O=P(O)(Oc1ccccc1)Oc1ccccc1.O=P(Oc1ccccc1)(Oc1ccccc1)Oc1cccc(O)c1. The number of phenols is 1. The molecule has 0 atom stereocenters. The molecule has 41 heavy (non-hydrogen) atoms. The van der Waals surface area contributed by atoms with Crippen LogP contribution in [-0.4, -0.2) is 10.00 Å². The van der Waals surface area contributed by atoms with Gasteiger partial charge in [0.05, 0.1) is 0 Å². The fourth-order valence-corrected chi connectivity index (χ4v) is 5.25. The van der Waals surface area contributed by atoms with Crippen LogP contribution in [0, 0.1) is 0 Å². The van der Waals surface area contributed by atoms with Crippen LogP contribution in [0.25, 0.3) is 0 Å². The van der Waals surface area contributed by atoms with Gasteiger partial charge >= 0.3 is 15.6 Å². The molecule has 9 nitrogen and oxygen atoms in total. The minimum absolute atomic E-state index is 0.0153. The lowest BCUT2D eigenvalue weighted by atomic mass is 10.3. The Hall–Kier alpha value is -4.68. The van der Waals surface area contributed by atoms with Gasteiger partial charge in [-0.25, -0.2) is 4.57 Å². The van der Waals surface area contributed by atoms with Crippen molar-refractivity contribution in [3.63, 3.8) is 0 Å². The van der Waals surface area contributed by atoms with Crippen LogP contribution < -0.4 is 22.6 Å². The second-order valence-electron chi connectivity index (χ2n) is 8.12. The van der Waals surface area contributed by atoms with Crippen molar-refractivity contribution < 1.29 is 41.7 Å². The van der Waals surface area contributed by atoms with Crippen LogP contribution >= 0.6 is 15.6 Å². The number of hydrogen-bond donors (Lipinski definition) is 2. The monoisotopic (exact) mass is 592 g/mol. The summed E-state index contributed by atoms with van der Waals surface area (Å²) in [6.45, 7) is 0. The van der Waals surface area contributed by atoms with Gasteiger partial charge in [0.15, 0.2) is 0 Å². The van der Waals surface area contributed by atoms with E-state index < -0.39 is 15.6 Å². The van der Waals surface area contributed by atoms with Gasteiger partial charge in [-0.3, -0.25) is 4.89 Å². The van der Waals surface area contributed by atoms with Gasteiger partial charge in [0, 0.05) is 6.07 Å². The zero-order valence-electron chi connectivity index (χ0n) is 21.5. The van der Waals surface area contributed by atoms with Crippen LogP contribution in [0.15, 0.2) is 146 Å². The van der Waals surface area contributed by atoms with Crippen molar-refractivity contribution in [3.05, 3.63) is 146 Å². The van der Waals surface area contributed by atoms with Crippen LogP contribution in [0.3, 0.4) is 0 Å². The van der Waals surface area contributed by atoms with Crippen LogP contribution in [-0.2, 0) is 9.13 Å². The van der Waals surface area contributed by atoms with Crippen LogP contribution in [0.5, 0.6) is 34.5 Å². The van der Waals surface area contributed by atoms with Crippen LogP contribution in [0.1, 0.15) is 0 Å². The van der Waals surface area contributed by atoms with Crippen molar-refractivity contribution in [2.45, 2.75) is 0 Å². The first-order valence-electron chi connectivity index (χ1n) is 12.2. The van der Waals surface area contributed by atoms with Gasteiger partial charge in [0.25, 0.3) is 0 Å². The fourth-order valence-electron chi connectivity index (χ4n) is 3.19. The Bertz CT molecular complexity index is 1500. The van der Waals surface area contributed by atoms with Gasteiger partial charge in [0.2, 0.25) is 0 Å². The summed E-state index contributed by atoms with van der Waals surface area (Å²) in [5.41, 5.74) is 0. The second kappa shape index (κ2) is 14.1. The van der Waals surface area contributed by atoms with E-state index in [2.05, 4.69) is 0 Å². The molecule has 0 spiro atoms. The summed E-state index contributed by atoms with van der Waals surface area (Å²) in [6.07, 6.45) is 0. The normalized spacial score (nSPS) is 10.9. The Kier molecular flexibility index (Phi) is 10.1. The highest BCUT2D eigenvalue weighted by Crippen LogP contribution is 2.50. The van der Waals surface area contributed by atoms with E-state index in [1.54, 1.807) is 121 Å². The molecule has 5 aromatic rings. The fraction of sp³-hybridized carbons (Fsp3) is 0. The van der Waals surface area contributed by atoms with Gasteiger partial charge in [-0.05, 0) is 60.7 Å². The molecule has 0 aliphatic carbocycles. The Labute approximate surface area is 237 Å². The number of hydrogen-bond acceptors (Lipinski definition) is 8. The molecule has 2 N–H and O–H groups in total. The summed E-state index contributed by atoms with van der Waals surface area (Å²) in [7, 11) is -8.15. The molecule has 11 heteroatoms. The first-order valence-corrected chi connectivity index (χ1v) is 15.1. The van der Waals surface area contributed by atoms with Gasteiger partial charge in [-0.1, -0.05) is 78.9 Å². The van der Waals surface area contributed by atoms with E-state index in [0.717, 1.165) is 0 Å². The molecule has 0 aliphatic heterocycles. The van der Waals surface area contributed by atoms with Crippen LogP contribution in [0.4, 0.5) is 0 Å². The number of benzene rings is 5. The molecule has 0 saturated heterocycles. The second-order valence-corrected chi connectivity index (χ2v) is 10.9. The van der Waals surface area contributed by atoms with E-state index in [4.69, 9.17) is 22.6 Å². The Balaban J connectivity index is 0.000000201. The number of phosphoric ester groups is 2. The number of phenolic OH excluding ortho intramolecular Hbond substituents is 1. The lowest BCUT2D eigenvalue weighted by Crippen LogP contribution is -2.07. The molecule has 210 valence electrons. The third kappa shape index (κ3) is 10.1. The van der Waals surface area contributed by atoms with E-state index in [-0.39, 0.29) is 23.0 Å². The van der Waals surface area contributed by atoms with Gasteiger partial charge in [-0.15, -0.1) is 0 Å². The topological polar surface area (TPSA) is 121 Å². The first-order chi connectivity index (χ1) is 19.8. The van der Waals surface area contributed by atoms with E-state index in [1.165, 1.54) is 12.1 Å². The van der Waals surface area contributed by atoms with E-state index >= 15 is 0 Å². The average Bonchev–Trinajstić information content (AvgIpc) is 2.95. The number of aromatic hydroxyl groups is 1. The minimum Gasteiger partial charge on any atom is -0.508 e. The molecule has 0 saturated carbocycles. The molecule has 0 aliphatic rings. The predicted molar refractivity (Wildman–Crippen MR) is 154 cm³/mol. The zero-order valence-corrected chi connectivity index (χ0v) is 23.3. The molecular weight excluding hydrogens is 566 g/mol. The molecule has 0 amide bonds. The third-order valence-corrected chi connectivity index (χ3v) is 7.07. The van der Waals surface area contributed by atoms with Crippen molar-refractivity contribution in [1.82, 2.24) is 0 Å². The minimum atomic E-state index is -4.14. The Morgan fingerprint density at radius 2 is 0.732 bits per heavy atom. The summed E-state index contributed by atoms with van der Waals surface area (Å²) in [5.74, 6) is 1.42. The van der Waals surface area contributed by atoms with Crippen molar-refractivity contribution in [1.29, 1.82) is 0 Å². The van der Waals surface area contributed by atoms with Gasteiger partial charge < -0.3 is 27.7 Å². The quantitative estimate of drug-likeness (QED) is 0.154. The molecule has 0 aromatic heterocycles. The highest BCUT2D eigenvalue weighted by molar-refractivity contribution is 7.49. The molecule has 5 aromatic carbocycles. The largest absolute Gasteiger partial charge is 0.647 e. The molecule has 0 fully saturated rings. The third-order valence-electron chi connectivity index (χ3n) is 4.88. The maximum atomic E-state index is 13.1. The molecule has 0 heterocycles. The molecule has 0 bridgehead atoms. The number of para-hydroxylation sites is 4. The highest BCUT2D eigenvalue weighted by Gasteiger charge is 2.33.